The first-order chi connectivity index (χ1) is 18.7. The Morgan fingerprint density at radius 3 is 2.38 bits per heavy atom. The average molecular weight is 555 g/mol. The summed E-state index contributed by atoms with van der Waals surface area (Å²) in [5.74, 6) is -0.342. The summed E-state index contributed by atoms with van der Waals surface area (Å²) >= 11 is 0. The number of sulfonamides is 1. The third kappa shape index (κ3) is 5.72. The number of methoxy groups -OCH3 is 3. The van der Waals surface area contributed by atoms with Crippen molar-refractivity contribution in [3.63, 3.8) is 0 Å². The van der Waals surface area contributed by atoms with Gasteiger partial charge in [-0.05, 0) is 36.4 Å². The summed E-state index contributed by atoms with van der Waals surface area (Å²) < 4.78 is 44.0. The molecule has 0 bridgehead atoms. The molecule has 0 radical (unpaired) electrons. The normalized spacial score (nSPS) is 11.4. The number of benzene rings is 2. The summed E-state index contributed by atoms with van der Waals surface area (Å²) in [6.45, 7) is 0. The molecule has 0 amide bonds. The van der Waals surface area contributed by atoms with Gasteiger partial charge in [-0.1, -0.05) is 12.1 Å². The van der Waals surface area contributed by atoms with Crippen molar-refractivity contribution in [2.24, 2.45) is 4.99 Å². The molecule has 0 aliphatic rings. The van der Waals surface area contributed by atoms with Crippen LogP contribution in [0.15, 0.2) is 74.1 Å². The van der Waals surface area contributed by atoms with Crippen molar-refractivity contribution in [1.82, 2.24) is 19.5 Å². The summed E-state index contributed by atoms with van der Waals surface area (Å²) in [7, 11) is 0.0294. The number of hydrogen-bond acceptors (Lipinski definition) is 11. The number of ether oxygens (including phenoxy) is 3. The highest BCUT2D eigenvalue weighted by molar-refractivity contribution is 7.92. The molecule has 2 aromatic heterocycles. The first-order valence-corrected chi connectivity index (χ1v) is 12.5. The molecule has 0 atom stereocenters. The van der Waals surface area contributed by atoms with Gasteiger partial charge in [-0.25, -0.2) is 17.8 Å². The maximum absolute atomic E-state index is 12.8. The first-order valence-electron chi connectivity index (χ1n) is 11.0. The van der Waals surface area contributed by atoms with E-state index in [2.05, 4.69) is 24.7 Å². The second-order valence-electron chi connectivity index (χ2n) is 7.64. The van der Waals surface area contributed by atoms with Crippen molar-refractivity contribution in [3.8, 4) is 29.2 Å². The van der Waals surface area contributed by atoms with Crippen molar-refractivity contribution < 1.29 is 27.7 Å². The summed E-state index contributed by atoms with van der Waals surface area (Å²) in [4.78, 5) is 38.9. The molecular formula is C24H22N6O8S. The average Bonchev–Trinajstić information content (AvgIpc) is 2.92. The van der Waals surface area contributed by atoms with E-state index in [9.17, 15) is 23.1 Å². The number of aromatic nitrogens is 4. The van der Waals surface area contributed by atoms with Gasteiger partial charge in [0.05, 0.1) is 37.6 Å². The predicted molar refractivity (Wildman–Crippen MR) is 141 cm³/mol. The number of nitrogens with zero attached hydrogens (tertiary/aromatic N) is 4. The van der Waals surface area contributed by atoms with Crippen LogP contribution in [0.2, 0.25) is 0 Å². The van der Waals surface area contributed by atoms with Crippen molar-refractivity contribution in [3.05, 3.63) is 81.0 Å². The minimum absolute atomic E-state index is 0.0688. The molecule has 0 aliphatic heterocycles. The van der Waals surface area contributed by atoms with Gasteiger partial charge in [0.2, 0.25) is 11.8 Å². The van der Waals surface area contributed by atoms with Gasteiger partial charge < -0.3 is 19.3 Å². The Hall–Kier alpha value is -5.18. The Morgan fingerprint density at radius 1 is 1.00 bits per heavy atom. The zero-order valence-corrected chi connectivity index (χ0v) is 21.6. The van der Waals surface area contributed by atoms with E-state index in [-0.39, 0.29) is 45.3 Å². The predicted octanol–water partition coefficient (Wildman–Crippen LogP) is 1.60. The Morgan fingerprint density at radius 2 is 1.72 bits per heavy atom. The number of H-pyrrole nitrogens is 1. The monoisotopic (exact) mass is 554 g/mol. The van der Waals surface area contributed by atoms with Gasteiger partial charge in [0.25, 0.3) is 15.6 Å². The van der Waals surface area contributed by atoms with Gasteiger partial charge in [0, 0.05) is 12.3 Å². The molecule has 0 saturated heterocycles. The van der Waals surface area contributed by atoms with Crippen LogP contribution in [0.5, 0.6) is 23.5 Å². The Balaban J connectivity index is 1.62. The SMILES string of the molecule is COc1cc(NS(=O)(=O)c2ccc(N=Cc3c(O)n(-c4ccccc4OC)c(=O)[nH]c3=O)cc2)nc(OC)n1. The van der Waals surface area contributed by atoms with Gasteiger partial charge >= 0.3 is 11.7 Å². The second-order valence-corrected chi connectivity index (χ2v) is 9.33. The molecule has 4 rings (SSSR count). The molecule has 0 saturated carbocycles. The van der Waals surface area contributed by atoms with Crippen molar-refractivity contribution in [2.75, 3.05) is 26.1 Å². The fourth-order valence-electron chi connectivity index (χ4n) is 3.39. The number of para-hydroxylation sites is 2. The molecule has 0 spiro atoms. The first kappa shape index (κ1) is 26.9. The smallest absolute Gasteiger partial charge is 0.335 e. The van der Waals surface area contributed by atoms with E-state index >= 15 is 0 Å². The van der Waals surface area contributed by atoms with Crippen LogP contribution in [0.25, 0.3) is 5.69 Å². The molecule has 2 aromatic carbocycles. The van der Waals surface area contributed by atoms with Crippen LogP contribution in [-0.4, -0.2) is 60.6 Å². The maximum Gasteiger partial charge on any atom is 0.335 e. The van der Waals surface area contributed by atoms with Gasteiger partial charge in [0.15, 0.2) is 5.82 Å². The second kappa shape index (κ2) is 11.1. The summed E-state index contributed by atoms with van der Waals surface area (Å²) in [6, 6.07) is 12.9. The van der Waals surface area contributed by atoms with E-state index in [1.54, 1.807) is 18.2 Å². The maximum atomic E-state index is 12.8. The number of hydrogen-bond donors (Lipinski definition) is 3. The Kier molecular flexibility index (Phi) is 7.62. The number of aromatic amines is 1. The van der Waals surface area contributed by atoms with Crippen LogP contribution < -0.4 is 30.2 Å². The van der Waals surface area contributed by atoms with Gasteiger partial charge in [0.1, 0.15) is 11.3 Å². The molecule has 15 heteroatoms. The van der Waals surface area contributed by atoms with Crippen molar-refractivity contribution in [1.29, 1.82) is 0 Å². The van der Waals surface area contributed by atoms with E-state index in [0.717, 1.165) is 10.8 Å². The van der Waals surface area contributed by atoms with Crippen LogP contribution in [-0.2, 0) is 10.0 Å². The topological polar surface area (TPSA) is 187 Å². The third-order valence-electron chi connectivity index (χ3n) is 5.25. The lowest BCUT2D eigenvalue weighted by Gasteiger charge is -2.12. The zero-order chi connectivity index (χ0) is 28.2. The quantitative estimate of drug-likeness (QED) is 0.256. The molecule has 0 aliphatic carbocycles. The van der Waals surface area contributed by atoms with Crippen LogP contribution in [0.1, 0.15) is 5.56 Å². The molecule has 202 valence electrons. The van der Waals surface area contributed by atoms with Crippen LogP contribution in [0.4, 0.5) is 11.5 Å². The summed E-state index contributed by atoms with van der Waals surface area (Å²) in [5.41, 5.74) is -1.58. The lowest BCUT2D eigenvalue weighted by atomic mass is 10.2. The molecule has 14 nitrogen and oxygen atoms in total. The number of aromatic hydroxyl groups is 1. The standard InChI is InChI=1S/C24H22N6O8S/c1-36-18-7-5-4-6-17(18)30-22(32)16(21(31)28-24(30)33)13-25-14-8-10-15(11-9-14)39(34,35)29-19-12-20(37-2)27-23(26-19)38-3/h4-13,32H,1-3H3,(H,26,27,29)(H,28,31,33). The highest BCUT2D eigenvalue weighted by Gasteiger charge is 2.18. The van der Waals surface area contributed by atoms with E-state index in [0.29, 0.717) is 0 Å². The number of nitrogens with one attached hydrogen (secondary N) is 2. The molecule has 39 heavy (non-hydrogen) atoms. The van der Waals surface area contributed by atoms with Crippen LogP contribution in [0, 0.1) is 0 Å². The molecular weight excluding hydrogens is 532 g/mol. The molecule has 2 heterocycles. The zero-order valence-electron chi connectivity index (χ0n) is 20.8. The van der Waals surface area contributed by atoms with Crippen LogP contribution in [0.3, 0.4) is 0 Å². The molecule has 0 fully saturated rings. The van der Waals surface area contributed by atoms with E-state index in [1.807, 2.05) is 0 Å². The van der Waals surface area contributed by atoms with E-state index in [1.165, 1.54) is 57.7 Å². The largest absolute Gasteiger partial charge is 0.495 e. The molecule has 4 aromatic rings. The van der Waals surface area contributed by atoms with E-state index in [4.69, 9.17) is 14.2 Å². The summed E-state index contributed by atoms with van der Waals surface area (Å²) in [6.07, 6.45) is 1.06. The molecule has 0 unspecified atom stereocenters. The lowest BCUT2D eigenvalue weighted by molar-refractivity contribution is 0.353. The van der Waals surface area contributed by atoms with Crippen LogP contribution >= 0.6 is 0 Å². The van der Waals surface area contributed by atoms with Gasteiger partial charge in [-0.2, -0.15) is 9.97 Å². The fraction of sp³-hybridized carbons (Fsp3) is 0.125. The van der Waals surface area contributed by atoms with Gasteiger partial charge in [-0.15, -0.1) is 0 Å². The third-order valence-corrected chi connectivity index (χ3v) is 6.62. The lowest BCUT2D eigenvalue weighted by Crippen LogP contribution is -2.31. The Labute approximate surface area is 221 Å². The Bertz CT molecular complexity index is 1740. The van der Waals surface area contributed by atoms with E-state index < -0.39 is 27.2 Å². The number of rotatable bonds is 9. The van der Waals surface area contributed by atoms with Crippen molar-refractivity contribution in [2.45, 2.75) is 4.90 Å². The highest BCUT2D eigenvalue weighted by Crippen LogP contribution is 2.25. The number of aliphatic imine (C=N–C) groups is 1. The van der Waals surface area contributed by atoms with Gasteiger partial charge in [-0.3, -0.25) is 19.5 Å². The summed E-state index contributed by atoms with van der Waals surface area (Å²) in [5, 5.41) is 10.7. The fourth-order valence-corrected chi connectivity index (χ4v) is 4.38. The van der Waals surface area contributed by atoms with Crippen molar-refractivity contribution >= 4 is 27.7 Å². The highest BCUT2D eigenvalue weighted by atomic mass is 32.2. The molecule has 3 N–H and O–H groups in total. The minimum Gasteiger partial charge on any atom is -0.495 e. The number of anilines is 1. The minimum atomic E-state index is -4.06.